The summed E-state index contributed by atoms with van der Waals surface area (Å²) in [7, 11) is 0. The first-order valence-electron chi connectivity index (χ1n) is 5.29. The summed E-state index contributed by atoms with van der Waals surface area (Å²) < 4.78 is 2.38. The molecule has 0 aliphatic heterocycles. The summed E-state index contributed by atoms with van der Waals surface area (Å²) in [5.74, 6) is 0.0228. The average Bonchev–Trinajstić information content (AvgIpc) is 2.72. The van der Waals surface area contributed by atoms with Gasteiger partial charge < -0.3 is 11.1 Å². The van der Waals surface area contributed by atoms with Crippen molar-refractivity contribution >= 4 is 27.8 Å². The lowest BCUT2D eigenvalue weighted by molar-refractivity contribution is -0.122. The first-order chi connectivity index (χ1) is 8.63. The highest BCUT2D eigenvalue weighted by Gasteiger charge is 2.04. The Kier molecular flexibility index (Phi) is 3.93. The van der Waals surface area contributed by atoms with Crippen LogP contribution in [0.15, 0.2) is 35.1 Å². The van der Waals surface area contributed by atoms with E-state index in [0.717, 1.165) is 10.0 Å². The van der Waals surface area contributed by atoms with Crippen LogP contribution in [0.2, 0.25) is 0 Å². The highest BCUT2D eigenvalue weighted by atomic mass is 79.9. The number of aromatic nitrogens is 3. The molecule has 0 bridgehead atoms. The smallest absolute Gasteiger partial charge is 0.242 e. The second-order valence-electron chi connectivity index (χ2n) is 3.71. The van der Waals surface area contributed by atoms with Gasteiger partial charge in [0.05, 0.1) is 0 Å². The molecule has 0 atom stereocenters. The molecule has 2 rings (SSSR count). The van der Waals surface area contributed by atoms with E-state index in [1.165, 1.54) is 11.0 Å². The minimum Gasteiger partial charge on any atom is -0.367 e. The van der Waals surface area contributed by atoms with Crippen LogP contribution in [0.1, 0.15) is 5.56 Å². The van der Waals surface area contributed by atoms with Crippen molar-refractivity contribution in [2.45, 2.75) is 13.1 Å². The van der Waals surface area contributed by atoms with Crippen LogP contribution in [0.4, 0.5) is 5.95 Å². The van der Waals surface area contributed by atoms with E-state index >= 15 is 0 Å². The predicted molar refractivity (Wildman–Crippen MR) is 70.4 cm³/mol. The molecule has 6 nitrogen and oxygen atoms in total. The second kappa shape index (κ2) is 5.63. The quantitative estimate of drug-likeness (QED) is 0.880. The lowest BCUT2D eigenvalue weighted by Crippen LogP contribution is -2.27. The van der Waals surface area contributed by atoms with Crippen molar-refractivity contribution in [1.82, 2.24) is 20.1 Å². The Hall–Kier alpha value is -1.89. The van der Waals surface area contributed by atoms with Gasteiger partial charge in [0.15, 0.2) is 0 Å². The van der Waals surface area contributed by atoms with Crippen LogP contribution in [-0.2, 0) is 17.9 Å². The molecule has 3 N–H and O–H groups in total. The molecular formula is C11H12BrN5O. The van der Waals surface area contributed by atoms with Crippen molar-refractivity contribution in [3.05, 3.63) is 40.6 Å². The Morgan fingerprint density at radius 1 is 1.50 bits per heavy atom. The van der Waals surface area contributed by atoms with Gasteiger partial charge in [-0.3, -0.25) is 4.79 Å². The number of benzene rings is 1. The Balaban J connectivity index is 1.85. The van der Waals surface area contributed by atoms with Crippen molar-refractivity contribution in [1.29, 1.82) is 0 Å². The van der Waals surface area contributed by atoms with Crippen molar-refractivity contribution in [3.63, 3.8) is 0 Å². The van der Waals surface area contributed by atoms with Crippen LogP contribution in [0.3, 0.4) is 0 Å². The maximum atomic E-state index is 11.6. The lowest BCUT2D eigenvalue weighted by atomic mass is 10.2. The number of carbonyl (C=O) groups is 1. The molecule has 1 aromatic heterocycles. The summed E-state index contributed by atoms with van der Waals surface area (Å²) in [6.07, 6.45) is 1.42. The van der Waals surface area contributed by atoms with Gasteiger partial charge in [0.2, 0.25) is 11.9 Å². The van der Waals surface area contributed by atoms with Gasteiger partial charge in [0, 0.05) is 11.0 Å². The maximum absolute atomic E-state index is 11.6. The summed E-state index contributed by atoms with van der Waals surface area (Å²) in [5.41, 5.74) is 6.38. The van der Waals surface area contributed by atoms with E-state index in [4.69, 9.17) is 5.73 Å². The zero-order valence-corrected chi connectivity index (χ0v) is 11.1. The summed E-state index contributed by atoms with van der Waals surface area (Å²) in [5, 5.41) is 6.63. The third-order valence-corrected chi connectivity index (χ3v) is 2.73. The summed E-state index contributed by atoms with van der Waals surface area (Å²) in [4.78, 5) is 15.4. The number of nitrogens with two attached hydrogens (primary N) is 1. The topological polar surface area (TPSA) is 85.8 Å². The van der Waals surface area contributed by atoms with Crippen LogP contribution in [0.5, 0.6) is 0 Å². The number of amides is 1. The number of nitrogens with zero attached hydrogens (tertiary/aromatic N) is 3. The third-order valence-electron chi connectivity index (χ3n) is 2.24. The first kappa shape index (κ1) is 12.6. The summed E-state index contributed by atoms with van der Waals surface area (Å²) >= 11 is 3.38. The SMILES string of the molecule is Nc1ncn(CC(=O)NCc2cccc(Br)c2)n1. The van der Waals surface area contributed by atoms with E-state index in [1.807, 2.05) is 24.3 Å². The van der Waals surface area contributed by atoms with Crippen molar-refractivity contribution in [2.24, 2.45) is 0 Å². The van der Waals surface area contributed by atoms with Crippen LogP contribution >= 0.6 is 15.9 Å². The van der Waals surface area contributed by atoms with Crippen LogP contribution in [-0.4, -0.2) is 20.7 Å². The van der Waals surface area contributed by atoms with Gasteiger partial charge in [-0.05, 0) is 17.7 Å². The van der Waals surface area contributed by atoms with E-state index < -0.39 is 0 Å². The van der Waals surface area contributed by atoms with Gasteiger partial charge in [-0.25, -0.2) is 9.67 Å². The molecule has 1 amide bonds. The molecule has 0 aliphatic carbocycles. The molecule has 0 spiro atoms. The monoisotopic (exact) mass is 309 g/mol. The molecule has 0 unspecified atom stereocenters. The average molecular weight is 310 g/mol. The molecule has 7 heteroatoms. The Morgan fingerprint density at radius 2 is 2.33 bits per heavy atom. The molecule has 2 aromatic rings. The normalized spacial score (nSPS) is 10.3. The minimum atomic E-state index is -0.139. The zero-order chi connectivity index (χ0) is 13.0. The standard InChI is InChI=1S/C11H12BrN5O/c12-9-3-1-2-8(4-9)5-14-10(18)6-17-7-15-11(13)16-17/h1-4,7H,5-6H2,(H2,13,16)(H,14,18). The van der Waals surface area contributed by atoms with E-state index in [-0.39, 0.29) is 18.4 Å². The largest absolute Gasteiger partial charge is 0.367 e. The number of rotatable bonds is 4. The van der Waals surface area contributed by atoms with E-state index in [1.54, 1.807) is 0 Å². The number of hydrogen-bond donors (Lipinski definition) is 2. The molecular weight excluding hydrogens is 298 g/mol. The highest BCUT2D eigenvalue weighted by Crippen LogP contribution is 2.11. The van der Waals surface area contributed by atoms with Gasteiger partial charge in [-0.15, -0.1) is 5.10 Å². The fourth-order valence-corrected chi connectivity index (χ4v) is 1.88. The van der Waals surface area contributed by atoms with E-state index in [0.29, 0.717) is 6.54 Å². The first-order valence-corrected chi connectivity index (χ1v) is 6.09. The Labute approximate surface area is 112 Å². The molecule has 0 aliphatic rings. The molecule has 0 radical (unpaired) electrons. The molecule has 0 saturated heterocycles. The number of anilines is 1. The molecule has 1 heterocycles. The Bertz CT molecular complexity index is 554. The van der Waals surface area contributed by atoms with Gasteiger partial charge in [-0.2, -0.15) is 0 Å². The van der Waals surface area contributed by atoms with Crippen LogP contribution in [0, 0.1) is 0 Å². The van der Waals surface area contributed by atoms with Gasteiger partial charge >= 0.3 is 0 Å². The Morgan fingerprint density at radius 3 is 3.00 bits per heavy atom. The number of nitrogens with one attached hydrogen (secondary N) is 1. The third kappa shape index (κ3) is 3.56. The van der Waals surface area contributed by atoms with Gasteiger partial charge in [-0.1, -0.05) is 28.1 Å². The molecule has 0 saturated carbocycles. The van der Waals surface area contributed by atoms with Crippen molar-refractivity contribution in [2.75, 3.05) is 5.73 Å². The summed E-state index contributed by atoms with van der Waals surface area (Å²) in [6, 6.07) is 7.75. The maximum Gasteiger partial charge on any atom is 0.242 e. The fraction of sp³-hybridized carbons (Fsp3) is 0.182. The molecule has 94 valence electrons. The van der Waals surface area contributed by atoms with Crippen LogP contribution < -0.4 is 11.1 Å². The number of nitrogen functional groups attached to an aromatic ring is 1. The fourth-order valence-electron chi connectivity index (χ4n) is 1.44. The van der Waals surface area contributed by atoms with Gasteiger partial charge in [0.1, 0.15) is 12.9 Å². The highest BCUT2D eigenvalue weighted by molar-refractivity contribution is 9.10. The van der Waals surface area contributed by atoms with E-state index in [2.05, 4.69) is 31.3 Å². The minimum absolute atomic E-state index is 0.109. The second-order valence-corrected chi connectivity index (χ2v) is 4.62. The number of halogens is 1. The number of carbonyl (C=O) groups excluding carboxylic acids is 1. The predicted octanol–water partition coefficient (Wildman–Crippen LogP) is 0.939. The van der Waals surface area contributed by atoms with Crippen LogP contribution in [0.25, 0.3) is 0 Å². The van der Waals surface area contributed by atoms with Gasteiger partial charge in [0.25, 0.3) is 0 Å². The lowest BCUT2D eigenvalue weighted by Gasteiger charge is -2.05. The molecule has 1 aromatic carbocycles. The van der Waals surface area contributed by atoms with E-state index in [9.17, 15) is 4.79 Å². The van der Waals surface area contributed by atoms with Crippen molar-refractivity contribution < 1.29 is 4.79 Å². The number of hydrogen-bond acceptors (Lipinski definition) is 4. The summed E-state index contributed by atoms with van der Waals surface area (Å²) in [6.45, 7) is 0.584. The van der Waals surface area contributed by atoms with Crippen molar-refractivity contribution in [3.8, 4) is 0 Å². The molecule has 0 fully saturated rings. The zero-order valence-electron chi connectivity index (χ0n) is 9.51. The molecule has 18 heavy (non-hydrogen) atoms.